The van der Waals surface area contributed by atoms with Gasteiger partial charge in [0, 0.05) is 23.9 Å². The van der Waals surface area contributed by atoms with Crippen molar-refractivity contribution >= 4 is 17.4 Å². The molecular formula is C16H23NO3S. The van der Waals surface area contributed by atoms with Gasteiger partial charge in [0.05, 0.1) is 6.61 Å². The summed E-state index contributed by atoms with van der Waals surface area (Å²) in [5.41, 5.74) is 1.03. The highest BCUT2D eigenvalue weighted by atomic mass is 32.1. The molecule has 2 unspecified atom stereocenters. The zero-order chi connectivity index (χ0) is 15.3. The van der Waals surface area contributed by atoms with E-state index in [1.807, 2.05) is 0 Å². The molecular weight excluding hydrogens is 286 g/mol. The monoisotopic (exact) mass is 309 g/mol. The maximum absolute atomic E-state index is 11.6. The summed E-state index contributed by atoms with van der Waals surface area (Å²) in [6.45, 7) is 7.64. The van der Waals surface area contributed by atoms with Gasteiger partial charge in [-0.2, -0.15) is 0 Å². The van der Waals surface area contributed by atoms with Crippen molar-refractivity contribution in [1.29, 1.82) is 0 Å². The fraction of sp³-hybridized carbons (Fsp3) is 0.688. The molecule has 4 nitrogen and oxygen atoms in total. The molecule has 2 aliphatic heterocycles. The lowest BCUT2D eigenvalue weighted by molar-refractivity contribution is -0.120. The Balaban J connectivity index is 1.97. The average molecular weight is 309 g/mol. The van der Waals surface area contributed by atoms with Crippen molar-refractivity contribution in [2.24, 2.45) is 5.41 Å². The molecule has 0 radical (unpaired) electrons. The van der Waals surface area contributed by atoms with E-state index >= 15 is 0 Å². The quantitative estimate of drug-likeness (QED) is 0.795. The Kier molecular flexibility index (Phi) is 3.53. The van der Waals surface area contributed by atoms with Crippen LogP contribution in [-0.2, 0) is 16.8 Å². The molecule has 2 atom stereocenters. The molecule has 1 spiro atoms. The first-order valence-corrected chi connectivity index (χ1v) is 8.42. The van der Waals surface area contributed by atoms with Crippen LogP contribution < -0.4 is 0 Å². The smallest absolute Gasteiger partial charge is 0.407 e. The fourth-order valence-electron chi connectivity index (χ4n) is 3.68. The molecule has 5 heteroatoms. The highest BCUT2D eigenvalue weighted by Gasteiger charge is 2.49. The third-order valence-electron chi connectivity index (χ3n) is 4.81. The van der Waals surface area contributed by atoms with Gasteiger partial charge in [-0.25, -0.2) is 4.79 Å². The molecule has 3 heterocycles. The third-order valence-corrected chi connectivity index (χ3v) is 5.95. The summed E-state index contributed by atoms with van der Waals surface area (Å²) in [7, 11) is 0. The van der Waals surface area contributed by atoms with E-state index in [1.165, 1.54) is 10.4 Å². The number of thiophene rings is 1. The molecule has 3 rings (SSSR count). The number of ether oxygens (including phenoxy) is 1. The molecule has 0 aliphatic carbocycles. The molecule has 2 aliphatic rings. The van der Waals surface area contributed by atoms with Gasteiger partial charge in [-0.1, -0.05) is 20.8 Å². The Morgan fingerprint density at radius 3 is 2.95 bits per heavy atom. The second-order valence-electron chi connectivity index (χ2n) is 7.18. The zero-order valence-corrected chi connectivity index (χ0v) is 13.7. The molecule has 0 saturated carbocycles. The van der Waals surface area contributed by atoms with Crippen molar-refractivity contribution < 1.29 is 14.6 Å². The average Bonchev–Trinajstić information content (AvgIpc) is 2.87. The molecule has 1 amide bonds. The van der Waals surface area contributed by atoms with Crippen LogP contribution in [0, 0.1) is 5.41 Å². The SMILES string of the molecule is CC(C)(C)C1CC2(CCN1C(=O)O)OCCc1ccsc12. The topological polar surface area (TPSA) is 49.8 Å². The lowest BCUT2D eigenvalue weighted by Crippen LogP contribution is -2.57. The number of nitrogens with zero attached hydrogens (tertiary/aromatic N) is 1. The summed E-state index contributed by atoms with van der Waals surface area (Å²) in [5.74, 6) is 0. The van der Waals surface area contributed by atoms with Crippen LogP contribution >= 0.6 is 11.3 Å². The minimum atomic E-state index is -0.813. The molecule has 116 valence electrons. The highest BCUT2D eigenvalue weighted by Crippen LogP contribution is 2.48. The van der Waals surface area contributed by atoms with E-state index in [0.717, 1.165) is 25.9 Å². The van der Waals surface area contributed by atoms with Crippen molar-refractivity contribution in [2.75, 3.05) is 13.2 Å². The Bertz CT molecular complexity index is 548. The summed E-state index contributed by atoms with van der Waals surface area (Å²) in [6, 6.07) is 2.18. The first-order chi connectivity index (χ1) is 9.83. The van der Waals surface area contributed by atoms with Crippen LogP contribution in [0.3, 0.4) is 0 Å². The van der Waals surface area contributed by atoms with Crippen LogP contribution in [0.1, 0.15) is 44.1 Å². The molecule has 0 aromatic carbocycles. The second-order valence-corrected chi connectivity index (χ2v) is 8.10. The van der Waals surface area contributed by atoms with Crippen LogP contribution in [0.2, 0.25) is 0 Å². The van der Waals surface area contributed by atoms with Crippen LogP contribution in [0.15, 0.2) is 11.4 Å². The lowest BCUT2D eigenvalue weighted by atomic mass is 9.73. The van der Waals surface area contributed by atoms with Gasteiger partial charge in [-0.3, -0.25) is 0 Å². The van der Waals surface area contributed by atoms with E-state index in [9.17, 15) is 9.90 Å². The van der Waals surface area contributed by atoms with Crippen molar-refractivity contribution in [3.63, 3.8) is 0 Å². The molecule has 1 N–H and O–H groups in total. The van der Waals surface area contributed by atoms with Gasteiger partial charge in [-0.15, -0.1) is 11.3 Å². The summed E-state index contributed by atoms with van der Waals surface area (Å²) < 4.78 is 6.24. The number of fused-ring (bicyclic) bond motifs is 2. The van der Waals surface area contributed by atoms with Gasteiger partial charge in [0.15, 0.2) is 0 Å². The van der Waals surface area contributed by atoms with E-state index in [2.05, 4.69) is 32.2 Å². The summed E-state index contributed by atoms with van der Waals surface area (Å²) in [4.78, 5) is 14.5. The van der Waals surface area contributed by atoms with E-state index < -0.39 is 6.09 Å². The van der Waals surface area contributed by atoms with Gasteiger partial charge in [0.2, 0.25) is 0 Å². The number of hydrogen-bond acceptors (Lipinski definition) is 3. The van der Waals surface area contributed by atoms with Gasteiger partial charge < -0.3 is 14.7 Å². The van der Waals surface area contributed by atoms with Crippen molar-refractivity contribution in [3.05, 3.63) is 21.9 Å². The molecule has 1 fully saturated rings. The first kappa shape index (κ1) is 14.9. The number of carbonyl (C=O) groups is 1. The summed E-state index contributed by atoms with van der Waals surface area (Å²) in [5, 5.41) is 11.6. The zero-order valence-electron chi connectivity index (χ0n) is 12.9. The number of amides is 1. The maximum atomic E-state index is 11.6. The third kappa shape index (κ3) is 2.46. The maximum Gasteiger partial charge on any atom is 0.407 e. The second kappa shape index (κ2) is 4.99. The van der Waals surface area contributed by atoms with Gasteiger partial charge in [0.25, 0.3) is 0 Å². The minimum Gasteiger partial charge on any atom is -0.465 e. The predicted octanol–water partition coefficient (Wildman–Crippen LogP) is 3.70. The number of hydrogen-bond donors (Lipinski definition) is 1. The normalized spacial score (nSPS) is 29.5. The highest BCUT2D eigenvalue weighted by molar-refractivity contribution is 7.10. The van der Waals surface area contributed by atoms with Crippen molar-refractivity contribution in [2.45, 2.75) is 51.7 Å². The number of likely N-dealkylation sites (tertiary alicyclic amines) is 1. The van der Waals surface area contributed by atoms with E-state index in [1.54, 1.807) is 16.2 Å². The van der Waals surface area contributed by atoms with E-state index in [4.69, 9.17) is 4.74 Å². The van der Waals surface area contributed by atoms with Crippen LogP contribution in [0.5, 0.6) is 0 Å². The molecule has 1 aromatic heterocycles. The standard InChI is InChI=1S/C16H23NO3S/c1-15(2,3)12-10-16(6-7-17(12)14(18)19)13-11(4-8-20-16)5-9-21-13/h5,9,12H,4,6-8,10H2,1-3H3,(H,18,19). The van der Waals surface area contributed by atoms with Gasteiger partial charge in [0.1, 0.15) is 5.60 Å². The molecule has 0 bridgehead atoms. The van der Waals surface area contributed by atoms with Crippen LogP contribution in [-0.4, -0.2) is 35.3 Å². The van der Waals surface area contributed by atoms with E-state index in [-0.39, 0.29) is 17.1 Å². The molecule has 1 aromatic rings. The fourth-order valence-corrected chi connectivity index (χ4v) is 4.82. The van der Waals surface area contributed by atoms with Crippen LogP contribution in [0.25, 0.3) is 0 Å². The van der Waals surface area contributed by atoms with Crippen LogP contribution in [0.4, 0.5) is 4.79 Å². The minimum absolute atomic E-state index is 0.0169. The number of piperidine rings is 1. The number of carboxylic acid groups (broad SMARTS) is 1. The first-order valence-electron chi connectivity index (χ1n) is 7.54. The Morgan fingerprint density at radius 2 is 2.29 bits per heavy atom. The lowest BCUT2D eigenvalue weighted by Gasteiger charge is -2.50. The number of rotatable bonds is 0. The van der Waals surface area contributed by atoms with Gasteiger partial charge >= 0.3 is 6.09 Å². The largest absolute Gasteiger partial charge is 0.465 e. The molecule has 21 heavy (non-hydrogen) atoms. The van der Waals surface area contributed by atoms with Crippen molar-refractivity contribution in [1.82, 2.24) is 4.90 Å². The van der Waals surface area contributed by atoms with Crippen molar-refractivity contribution in [3.8, 4) is 0 Å². The Hall–Kier alpha value is -1.07. The summed E-state index contributed by atoms with van der Waals surface area (Å²) >= 11 is 1.76. The Labute approximate surface area is 129 Å². The predicted molar refractivity (Wildman–Crippen MR) is 82.9 cm³/mol. The van der Waals surface area contributed by atoms with E-state index in [0.29, 0.717) is 6.54 Å². The summed E-state index contributed by atoms with van der Waals surface area (Å²) in [6.07, 6.45) is 1.69. The van der Waals surface area contributed by atoms with Gasteiger partial charge in [-0.05, 0) is 35.3 Å². The Morgan fingerprint density at radius 1 is 1.52 bits per heavy atom. The molecule has 1 saturated heterocycles.